The zero-order chi connectivity index (χ0) is 16.8. The summed E-state index contributed by atoms with van der Waals surface area (Å²) in [5.74, 6) is 0.841. The van der Waals surface area contributed by atoms with Crippen molar-refractivity contribution in [2.24, 2.45) is 10.7 Å². The summed E-state index contributed by atoms with van der Waals surface area (Å²) in [6, 6.07) is 11.6. The van der Waals surface area contributed by atoms with Gasteiger partial charge in [-0.2, -0.15) is 0 Å². The Hall–Kier alpha value is -2.03. The van der Waals surface area contributed by atoms with Crippen molar-refractivity contribution in [2.45, 2.75) is 26.4 Å². The first-order chi connectivity index (χ1) is 11.0. The van der Waals surface area contributed by atoms with Gasteiger partial charge < -0.3 is 20.8 Å². The Labute approximate surface area is 158 Å². The second kappa shape index (κ2) is 9.31. The monoisotopic (exact) mass is 442 g/mol. The van der Waals surface area contributed by atoms with Crippen LogP contribution in [0.3, 0.4) is 0 Å². The van der Waals surface area contributed by atoms with Gasteiger partial charge >= 0.3 is 0 Å². The topological polar surface area (TPSA) is 92.6 Å². The number of carbonyl (C=O) groups excluding carboxylic acids is 1. The normalized spacial score (nSPS) is 12.2. The third kappa shape index (κ3) is 5.26. The molecule has 0 aliphatic carbocycles. The lowest BCUT2D eigenvalue weighted by Gasteiger charge is -2.19. The Bertz CT molecular complexity index is 712. The highest BCUT2D eigenvalue weighted by Gasteiger charge is 2.11. The van der Waals surface area contributed by atoms with Crippen LogP contribution in [0.5, 0.6) is 0 Å². The highest BCUT2D eigenvalue weighted by atomic mass is 127. The second-order valence-electron chi connectivity index (χ2n) is 5.28. The quantitative estimate of drug-likeness (QED) is 0.377. The molecule has 0 bridgehead atoms. The van der Waals surface area contributed by atoms with Crippen molar-refractivity contribution in [3.8, 4) is 0 Å². The fraction of sp³-hybridized carbons (Fsp3) is 0.294. The van der Waals surface area contributed by atoms with Crippen molar-refractivity contribution in [3.63, 3.8) is 0 Å². The van der Waals surface area contributed by atoms with E-state index in [4.69, 9.17) is 10.2 Å². The molecule has 0 saturated carbocycles. The predicted molar refractivity (Wildman–Crippen MR) is 106 cm³/mol. The molecular formula is C17H23IN4O2. The fourth-order valence-corrected chi connectivity index (χ4v) is 2.33. The van der Waals surface area contributed by atoms with Gasteiger partial charge in [-0.25, -0.2) is 0 Å². The number of nitrogens with zero attached hydrogens (tertiary/aromatic N) is 1. The van der Waals surface area contributed by atoms with E-state index in [-0.39, 0.29) is 35.8 Å². The van der Waals surface area contributed by atoms with Crippen LogP contribution in [0.25, 0.3) is 0 Å². The van der Waals surface area contributed by atoms with Gasteiger partial charge in [0, 0.05) is 7.05 Å². The first-order valence-corrected chi connectivity index (χ1v) is 7.42. The third-order valence-corrected chi connectivity index (χ3v) is 3.57. The van der Waals surface area contributed by atoms with Gasteiger partial charge in [0.1, 0.15) is 5.76 Å². The number of rotatable bonds is 5. The Morgan fingerprint density at radius 3 is 2.58 bits per heavy atom. The van der Waals surface area contributed by atoms with Crippen molar-refractivity contribution < 1.29 is 9.21 Å². The minimum Gasteiger partial charge on any atom is -0.454 e. The van der Waals surface area contributed by atoms with Crippen molar-refractivity contribution in [2.75, 3.05) is 7.05 Å². The average molecular weight is 442 g/mol. The average Bonchev–Trinajstić information content (AvgIpc) is 3.00. The molecule has 0 aliphatic rings. The molecular weight excluding hydrogens is 419 g/mol. The first-order valence-electron chi connectivity index (χ1n) is 7.42. The van der Waals surface area contributed by atoms with Gasteiger partial charge in [0.15, 0.2) is 11.7 Å². The number of benzene rings is 1. The van der Waals surface area contributed by atoms with Crippen LogP contribution in [-0.4, -0.2) is 18.9 Å². The lowest BCUT2D eigenvalue weighted by atomic mass is 10.0. The molecule has 24 heavy (non-hydrogen) atoms. The lowest BCUT2D eigenvalue weighted by molar-refractivity contribution is 0.0972. The summed E-state index contributed by atoms with van der Waals surface area (Å²) in [6.45, 7) is 4.57. The van der Waals surface area contributed by atoms with Gasteiger partial charge in [0.25, 0.3) is 5.91 Å². The molecule has 0 spiro atoms. The van der Waals surface area contributed by atoms with Gasteiger partial charge in [-0.15, -0.1) is 24.0 Å². The summed E-state index contributed by atoms with van der Waals surface area (Å²) >= 11 is 0. The zero-order valence-corrected chi connectivity index (χ0v) is 16.3. The van der Waals surface area contributed by atoms with Gasteiger partial charge in [-0.3, -0.25) is 9.79 Å². The number of halogens is 1. The van der Waals surface area contributed by atoms with Crippen LogP contribution in [0, 0.1) is 6.92 Å². The molecule has 1 atom stereocenters. The van der Waals surface area contributed by atoms with E-state index in [1.807, 2.05) is 12.1 Å². The maximum Gasteiger partial charge on any atom is 0.284 e. The number of carbonyl (C=O) groups is 1. The van der Waals surface area contributed by atoms with Crippen LogP contribution in [0.4, 0.5) is 0 Å². The number of primary amides is 1. The zero-order valence-electron chi connectivity index (χ0n) is 14.0. The minimum absolute atomic E-state index is 0. The summed E-state index contributed by atoms with van der Waals surface area (Å²) < 4.78 is 5.33. The smallest absolute Gasteiger partial charge is 0.284 e. The number of aliphatic imine (C=N–C) groups is 1. The Kier molecular flexibility index (Phi) is 7.76. The second-order valence-corrected chi connectivity index (χ2v) is 5.28. The summed E-state index contributed by atoms with van der Waals surface area (Å²) in [5, 5.41) is 6.48. The molecule has 0 saturated heterocycles. The van der Waals surface area contributed by atoms with E-state index in [0.29, 0.717) is 18.3 Å². The Balaban J connectivity index is 0.00000288. The molecule has 1 heterocycles. The van der Waals surface area contributed by atoms with Crippen LogP contribution < -0.4 is 16.4 Å². The van der Waals surface area contributed by atoms with Crippen LogP contribution in [-0.2, 0) is 6.54 Å². The predicted octanol–water partition coefficient (Wildman–Crippen LogP) is 2.73. The van der Waals surface area contributed by atoms with E-state index >= 15 is 0 Å². The maximum atomic E-state index is 11.0. The number of furan rings is 1. The number of guanidine groups is 1. The number of nitrogens with one attached hydrogen (secondary N) is 2. The molecule has 2 aromatic rings. The van der Waals surface area contributed by atoms with E-state index in [1.54, 1.807) is 19.2 Å². The summed E-state index contributed by atoms with van der Waals surface area (Å²) in [5.41, 5.74) is 7.60. The van der Waals surface area contributed by atoms with E-state index in [9.17, 15) is 4.79 Å². The summed E-state index contributed by atoms with van der Waals surface area (Å²) in [6.07, 6.45) is 0. The van der Waals surface area contributed by atoms with Crippen molar-refractivity contribution in [3.05, 3.63) is 59.0 Å². The van der Waals surface area contributed by atoms with Crippen LogP contribution in [0.1, 0.15) is 40.4 Å². The number of hydrogen-bond acceptors (Lipinski definition) is 3. The molecule has 4 N–H and O–H groups in total. The van der Waals surface area contributed by atoms with Gasteiger partial charge in [0.05, 0.1) is 12.6 Å². The number of nitrogens with two attached hydrogens (primary N) is 1. The highest BCUT2D eigenvalue weighted by molar-refractivity contribution is 14.0. The molecule has 1 aromatic carbocycles. The third-order valence-electron chi connectivity index (χ3n) is 3.57. The Morgan fingerprint density at radius 1 is 1.29 bits per heavy atom. The molecule has 0 fully saturated rings. The SMILES string of the molecule is CN=C(NCc1ccc(C(N)=O)o1)NC(C)c1ccccc1C.I. The van der Waals surface area contributed by atoms with E-state index in [2.05, 4.69) is 41.6 Å². The summed E-state index contributed by atoms with van der Waals surface area (Å²) in [7, 11) is 1.71. The standard InChI is InChI=1S/C17H22N4O2.HI/c1-11-6-4-5-7-14(11)12(2)21-17(19-3)20-10-13-8-9-15(23-13)16(18)22;/h4-9,12H,10H2,1-3H3,(H2,18,22)(H2,19,20,21);1H. The van der Waals surface area contributed by atoms with Gasteiger partial charge in [0.2, 0.25) is 0 Å². The molecule has 1 aromatic heterocycles. The van der Waals surface area contributed by atoms with E-state index in [0.717, 1.165) is 0 Å². The molecule has 0 radical (unpaired) electrons. The molecule has 0 aliphatic heterocycles. The van der Waals surface area contributed by atoms with E-state index < -0.39 is 5.91 Å². The number of aryl methyl sites for hydroxylation is 1. The van der Waals surface area contributed by atoms with Crippen molar-refractivity contribution >= 4 is 35.8 Å². The van der Waals surface area contributed by atoms with Gasteiger partial charge in [-0.1, -0.05) is 24.3 Å². The highest BCUT2D eigenvalue weighted by Crippen LogP contribution is 2.16. The maximum absolute atomic E-state index is 11.0. The van der Waals surface area contributed by atoms with Gasteiger partial charge in [-0.05, 0) is 37.1 Å². The molecule has 7 heteroatoms. The van der Waals surface area contributed by atoms with Crippen molar-refractivity contribution in [1.82, 2.24) is 10.6 Å². The largest absolute Gasteiger partial charge is 0.454 e. The van der Waals surface area contributed by atoms with Crippen LogP contribution in [0.15, 0.2) is 45.8 Å². The molecule has 2 rings (SSSR count). The molecule has 1 unspecified atom stereocenters. The lowest BCUT2D eigenvalue weighted by Crippen LogP contribution is -2.38. The first kappa shape index (κ1) is 20.0. The van der Waals surface area contributed by atoms with Crippen molar-refractivity contribution in [1.29, 1.82) is 0 Å². The molecule has 1 amide bonds. The summed E-state index contributed by atoms with van der Waals surface area (Å²) in [4.78, 5) is 15.2. The van der Waals surface area contributed by atoms with Crippen LogP contribution in [0.2, 0.25) is 0 Å². The Morgan fingerprint density at radius 2 is 2.00 bits per heavy atom. The van der Waals surface area contributed by atoms with E-state index in [1.165, 1.54) is 11.1 Å². The van der Waals surface area contributed by atoms with Crippen LogP contribution >= 0.6 is 24.0 Å². The molecule has 130 valence electrons. The fourth-order valence-electron chi connectivity index (χ4n) is 2.33. The molecule has 6 nitrogen and oxygen atoms in total. The minimum atomic E-state index is -0.577. The number of amides is 1. The number of hydrogen-bond donors (Lipinski definition) is 3.